The summed E-state index contributed by atoms with van der Waals surface area (Å²) in [6.45, 7) is 19.2. The van der Waals surface area contributed by atoms with Gasteiger partial charge in [0, 0.05) is 36.9 Å². The van der Waals surface area contributed by atoms with Crippen LogP contribution < -0.4 is 0 Å². The largest absolute Gasteiger partial charge is 0.462 e. The second kappa shape index (κ2) is 27.7. The Morgan fingerprint density at radius 2 is 1.19 bits per heavy atom. The average molecular weight is 530 g/mol. The van der Waals surface area contributed by atoms with Gasteiger partial charge in [0.1, 0.15) is 0 Å². The highest BCUT2D eigenvalue weighted by molar-refractivity contribution is 6.67. The van der Waals surface area contributed by atoms with Crippen LogP contribution in [0.2, 0.25) is 0 Å². The summed E-state index contributed by atoms with van der Waals surface area (Å²) in [4.78, 5) is 34.2. The summed E-state index contributed by atoms with van der Waals surface area (Å²) in [7, 11) is 1.80. The Morgan fingerprint density at radius 1 is 0.750 bits per heavy atom. The minimum absolute atomic E-state index is 0.0108. The maximum atomic E-state index is 11.5. The molecular weight excluding hydrogens is 478 g/mol. The van der Waals surface area contributed by atoms with Gasteiger partial charge in [-0.05, 0) is 51.6 Å². The summed E-state index contributed by atoms with van der Waals surface area (Å²) in [6.07, 6.45) is 14.0. The number of allylic oxidation sites excluding steroid dienone is 1. The Hall–Kier alpha value is -1.92. The molecule has 0 aromatic carbocycles. The number of unbranched alkanes of at least 4 members (excludes halogenated alkanes) is 10. The van der Waals surface area contributed by atoms with Crippen molar-refractivity contribution in [2.75, 3.05) is 26.8 Å². The van der Waals surface area contributed by atoms with Crippen LogP contribution in [-0.2, 0) is 19.1 Å². The monoisotopic (exact) mass is 529 g/mol. The molecule has 0 bridgehead atoms. The molecule has 0 spiro atoms. The van der Waals surface area contributed by atoms with E-state index in [9.17, 15) is 14.4 Å². The number of halogens is 1. The maximum Gasteiger partial charge on any atom is 0.333 e. The third kappa shape index (κ3) is 30.1. The molecule has 0 fully saturated rings. The van der Waals surface area contributed by atoms with Gasteiger partial charge in [-0.2, -0.15) is 0 Å². The molecule has 36 heavy (non-hydrogen) atoms. The van der Waals surface area contributed by atoms with Gasteiger partial charge in [-0.3, -0.25) is 9.59 Å². The molecule has 0 aliphatic heterocycles. The van der Waals surface area contributed by atoms with E-state index in [4.69, 9.17) is 21.4 Å². The van der Waals surface area contributed by atoms with E-state index in [1.165, 1.54) is 38.5 Å². The lowest BCUT2D eigenvalue weighted by Crippen LogP contribution is -2.27. The zero-order valence-corrected chi connectivity index (χ0v) is 24.4. The number of amides is 1. The third-order valence-corrected chi connectivity index (χ3v) is 5.35. The van der Waals surface area contributed by atoms with Crippen LogP contribution in [0, 0.1) is 0 Å². The first-order valence-corrected chi connectivity index (χ1v) is 13.5. The van der Waals surface area contributed by atoms with E-state index in [-0.39, 0.29) is 11.9 Å². The fourth-order valence-corrected chi connectivity index (χ4v) is 2.77. The van der Waals surface area contributed by atoms with Gasteiger partial charge in [-0.1, -0.05) is 84.4 Å². The molecule has 0 rings (SSSR count). The molecule has 0 atom stereocenters. The minimum atomic E-state index is -0.463. The van der Waals surface area contributed by atoms with Gasteiger partial charge >= 0.3 is 5.97 Å². The smallest absolute Gasteiger partial charge is 0.333 e. The van der Waals surface area contributed by atoms with Crippen molar-refractivity contribution >= 4 is 28.7 Å². The summed E-state index contributed by atoms with van der Waals surface area (Å²) in [5, 5.41) is 8.01. The van der Waals surface area contributed by atoms with Crippen molar-refractivity contribution < 1.29 is 24.2 Å². The highest BCUT2D eigenvalue weighted by Gasteiger charge is 2.08. The number of hydrogen-bond acceptors (Lipinski definition) is 5. The number of nitrogens with zero attached hydrogens (tertiary/aromatic N) is 1. The number of aliphatic hydroxyl groups excluding tert-OH is 1. The van der Waals surface area contributed by atoms with Crippen molar-refractivity contribution in [3.63, 3.8) is 0 Å². The SMILES string of the molecule is C=C(C)C(=O)Cl.C=C(C)C(=O)OCCCCCCCN(C)C(=O)C(=C)C.CCCCCCCCCO. The van der Waals surface area contributed by atoms with Crippen molar-refractivity contribution in [3.05, 3.63) is 36.5 Å². The Kier molecular flexibility index (Phi) is 29.7. The van der Waals surface area contributed by atoms with E-state index in [2.05, 4.69) is 26.7 Å². The first kappa shape index (κ1) is 38.6. The van der Waals surface area contributed by atoms with Crippen LogP contribution in [-0.4, -0.2) is 53.9 Å². The number of likely N-dealkylation sites (N-methyl/N-ethyl adjacent to an activating group) is 1. The van der Waals surface area contributed by atoms with Gasteiger partial charge in [-0.25, -0.2) is 4.79 Å². The molecule has 0 aromatic heterocycles. The van der Waals surface area contributed by atoms with E-state index < -0.39 is 5.24 Å². The van der Waals surface area contributed by atoms with Crippen LogP contribution >= 0.6 is 11.6 Å². The van der Waals surface area contributed by atoms with Crippen LogP contribution in [0.15, 0.2) is 36.5 Å². The van der Waals surface area contributed by atoms with Crippen LogP contribution in [0.5, 0.6) is 0 Å². The number of esters is 1. The number of carbonyl (C=O) groups is 3. The molecule has 0 saturated heterocycles. The van der Waals surface area contributed by atoms with Crippen molar-refractivity contribution in [2.24, 2.45) is 0 Å². The van der Waals surface area contributed by atoms with Crippen molar-refractivity contribution in [2.45, 2.75) is 105 Å². The number of aliphatic hydroxyl groups is 1. The molecule has 7 heteroatoms. The zero-order valence-electron chi connectivity index (χ0n) is 23.6. The molecule has 6 nitrogen and oxygen atoms in total. The second-order valence-corrected chi connectivity index (χ2v) is 9.43. The predicted octanol–water partition coefficient (Wildman–Crippen LogP) is 7.15. The average Bonchev–Trinajstić information content (AvgIpc) is 2.82. The quantitative estimate of drug-likeness (QED) is 0.0881. The number of hydrogen-bond donors (Lipinski definition) is 1. The van der Waals surface area contributed by atoms with Crippen LogP contribution in [0.4, 0.5) is 0 Å². The molecule has 0 radical (unpaired) electrons. The molecule has 210 valence electrons. The van der Waals surface area contributed by atoms with Crippen LogP contribution in [0.25, 0.3) is 0 Å². The molecule has 1 N–H and O–H groups in total. The highest BCUT2D eigenvalue weighted by atomic mass is 35.5. The van der Waals surface area contributed by atoms with Gasteiger partial charge < -0.3 is 14.7 Å². The molecule has 0 saturated carbocycles. The van der Waals surface area contributed by atoms with E-state index in [1.807, 2.05) is 0 Å². The minimum Gasteiger partial charge on any atom is -0.462 e. The summed E-state index contributed by atoms with van der Waals surface area (Å²) < 4.78 is 5.00. The molecule has 0 aliphatic carbocycles. The molecule has 0 unspecified atom stereocenters. The van der Waals surface area contributed by atoms with Crippen LogP contribution in [0.1, 0.15) is 105 Å². The zero-order chi connectivity index (χ0) is 28.4. The van der Waals surface area contributed by atoms with Crippen LogP contribution in [0.3, 0.4) is 0 Å². The summed E-state index contributed by atoms with van der Waals surface area (Å²) in [6, 6.07) is 0. The second-order valence-electron chi connectivity index (χ2n) is 9.09. The Bertz CT molecular complexity index is 626. The fraction of sp³-hybridized carbons (Fsp3) is 0.690. The topological polar surface area (TPSA) is 83.9 Å². The summed E-state index contributed by atoms with van der Waals surface area (Å²) in [5.74, 6) is -0.304. The number of ether oxygens (including phenoxy) is 1. The summed E-state index contributed by atoms with van der Waals surface area (Å²) in [5.41, 5.74) is 1.40. The lowest BCUT2D eigenvalue weighted by atomic mass is 10.1. The normalized spacial score (nSPS) is 9.64. The summed E-state index contributed by atoms with van der Waals surface area (Å²) >= 11 is 4.87. The first-order chi connectivity index (χ1) is 16.9. The number of rotatable bonds is 18. The molecule has 0 heterocycles. The Balaban J connectivity index is -0.000000561. The van der Waals surface area contributed by atoms with Gasteiger partial charge in [0.25, 0.3) is 0 Å². The first-order valence-electron chi connectivity index (χ1n) is 13.1. The van der Waals surface area contributed by atoms with Crippen molar-refractivity contribution in [1.29, 1.82) is 0 Å². The van der Waals surface area contributed by atoms with Crippen molar-refractivity contribution in [1.82, 2.24) is 4.90 Å². The van der Waals surface area contributed by atoms with E-state index in [1.54, 1.807) is 32.7 Å². The van der Waals surface area contributed by atoms with Gasteiger partial charge in [0.05, 0.1) is 6.61 Å². The lowest BCUT2D eigenvalue weighted by molar-refractivity contribution is -0.139. The van der Waals surface area contributed by atoms with E-state index in [0.29, 0.717) is 29.9 Å². The van der Waals surface area contributed by atoms with E-state index >= 15 is 0 Å². The third-order valence-electron chi connectivity index (χ3n) is 5.03. The Morgan fingerprint density at radius 3 is 1.61 bits per heavy atom. The standard InChI is InChI=1S/C16H27NO3.C9H20O.C4H5ClO/c1-13(2)15(18)17(5)11-9-7-6-8-10-12-20-16(19)14(3)4;1-2-3-4-5-6-7-8-9-10;1-3(2)4(5)6/h1,3,6-12H2,2,4-5H3;10H,2-9H2,1H3;1H2,2H3. The molecular formula is C29H52ClNO5. The number of carbonyl (C=O) groups excluding carboxylic acids is 3. The molecule has 1 amide bonds. The molecule has 0 aromatic rings. The highest BCUT2D eigenvalue weighted by Crippen LogP contribution is 2.07. The predicted molar refractivity (Wildman–Crippen MR) is 152 cm³/mol. The van der Waals surface area contributed by atoms with Crippen molar-refractivity contribution in [3.8, 4) is 0 Å². The van der Waals surface area contributed by atoms with Gasteiger partial charge in [-0.15, -0.1) is 0 Å². The van der Waals surface area contributed by atoms with E-state index in [0.717, 1.165) is 45.1 Å². The maximum absolute atomic E-state index is 11.5. The van der Waals surface area contributed by atoms with Gasteiger partial charge in [0.2, 0.25) is 11.1 Å². The lowest BCUT2D eigenvalue weighted by Gasteiger charge is -2.16. The van der Waals surface area contributed by atoms with Gasteiger partial charge in [0.15, 0.2) is 0 Å². The fourth-order valence-electron chi connectivity index (χ4n) is 2.77. The molecule has 0 aliphatic rings. The Labute approximate surface area is 225 Å².